The van der Waals surface area contributed by atoms with E-state index in [2.05, 4.69) is 21.2 Å². The molecule has 5 nitrogen and oxygen atoms in total. The first kappa shape index (κ1) is 14.5. The van der Waals surface area contributed by atoms with Crippen molar-refractivity contribution in [1.82, 2.24) is 14.3 Å². The number of carboxylic acid groups (broad SMARTS) is 1. The molecule has 0 radical (unpaired) electrons. The van der Waals surface area contributed by atoms with Gasteiger partial charge in [0.05, 0.1) is 12.1 Å². The van der Waals surface area contributed by atoms with Gasteiger partial charge in [-0.15, -0.1) is 0 Å². The van der Waals surface area contributed by atoms with Crippen LogP contribution in [0.2, 0.25) is 0 Å². The zero-order valence-corrected chi connectivity index (χ0v) is 12.2. The third-order valence-corrected chi connectivity index (χ3v) is 3.75. The molecule has 0 spiro atoms. The van der Waals surface area contributed by atoms with Crippen molar-refractivity contribution >= 4 is 11.6 Å². The summed E-state index contributed by atoms with van der Waals surface area (Å²) in [4.78, 5) is 17.3. The number of aliphatic carboxylic acids is 1. The number of imidazole rings is 1. The monoisotopic (exact) mass is 275 g/mol. The Labute approximate surface area is 118 Å². The lowest BCUT2D eigenvalue weighted by Gasteiger charge is -2.24. The summed E-state index contributed by atoms with van der Waals surface area (Å²) in [5.41, 5.74) is 3.19. The fourth-order valence-corrected chi connectivity index (χ4v) is 2.34. The summed E-state index contributed by atoms with van der Waals surface area (Å²) in [6, 6.07) is 6.24. The van der Waals surface area contributed by atoms with Gasteiger partial charge in [0, 0.05) is 30.9 Å². The zero-order valence-electron chi connectivity index (χ0n) is 12.2. The second-order valence-electron chi connectivity index (χ2n) is 5.25. The maximum Gasteiger partial charge on any atom is 0.304 e. The molecule has 1 N–H and O–H groups in total. The Morgan fingerprint density at radius 1 is 1.50 bits per heavy atom. The van der Waals surface area contributed by atoms with E-state index in [1.165, 1.54) is 5.69 Å². The molecule has 1 atom stereocenters. The molecule has 2 rings (SSSR count). The van der Waals surface area contributed by atoms with Gasteiger partial charge in [0.15, 0.2) is 0 Å². The first-order chi connectivity index (χ1) is 9.49. The normalized spacial score (nSPS) is 13.0. The minimum absolute atomic E-state index is 0.174. The lowest BCUT2D eigenvalue weighted by molar-refractivity contribution is -0.137. The predicted molar refractivity (Wildman–Crippen MR) is 78.0 cm³/mol. The van der Waals surface area contributed by atoms with E-state index in [0.29, 0.717) is 6.54 Å². The molecule has 0 aliphatic carbocycles. The molecule has 20 heavy (non-hydrogen) atoms. The number of nitrogens with zero attached hydrogens (tertiary/aromatic N) is 3. The molecule has 108 valence electrons. The Morgan fingerprint density at radius 2 is 2.25 bits per heavy atom. The summed E-state index contributed by atoms with van der Waals surface area (Å²) in [7, 11) is 1.96. The van der Waals surface area contributed by atoms with Gasteiger partial charge in [0.25, 0.3) is 0 Å². The lowest BCUT2D eigenvalue weighted by atomic mass is 10.1. The Kier molecular flexibility index (Phi) is 4.39. The highest BCUT2D eigenvalue weighted by molar-refractivity contribution is 5.66. The van der Waals surface area contributed by atoms with Crippen molar-refractivity contribution in [2.45, 2.75) is 32.7 Å². The Hall–Kier alpha value is -1.88. The van der Waals surface area contributed by atoms with Crippen molar-refractivity contribution in [3.8, 4) is 0 Å². The van der Waals surface area contributed by atoms with Gasteiger partial charge >= 0.3 is 5.97 Å². The van der Waals surface area contributed by atoms with E-state index < -0.39 is 5.97 Å². The van der Waals surface area contributed by atoms with Crippen molar-refractivity contribution < 1.29 is 9.90 Å². The molecule has 0 aromatic carbocycles. The maximum absolute atomic E-state index is 10.6. The van der Waals surface area contributed by atoms with Crippen molar-refractivity contribution in [2.24, 2.45) is 0 Å². The maximum atomic E-state index is 10.6. The van der Waals surface area contributed by atoms with Crippen LogP contribution in [0.5, 0.6) is 0 Å². The number of aryl methyl sites for hydroxylation is 1. The number of pyridine rings is 1. The molecular weight excluding hydrogens is 254 g/mol. The molecule has 0 amide bonds. The SMILES string of the molecule is Cc1nc2ccccn2c1CC(C)N(C)CCC(=O)O. The van der Waals surface area contributed by atoms with Crippen LogP contribution in [-0.2, 0) is 11.2 Å². The smallest absolute Gasteiger partial charge is 0.304 e. The van der Waals surface area contributed by atoms with Crippen LogP contribution in [0.3, 0.4) is 0 Å². The third-order valence-electron chi connectivity index (χ3n) is 3.75. The van der Waals surface area contributed by atoms with Crippen molar-refractivity contribution in [3.05, 3.63) is 35.8 Å². The lowest BCUT2D eigenvalue weighted by Crippen LogP contribution is -2.33. The van der Waals surface area contributed by atoms with Gasteiger partial charge in [0.2, 0.25) is 0 Å². The first-order valence-corrected chi connectivity index (χ1v) is 6.83. The summed E-state index contributed by atoms with van der Waals surface area (Å²) in [6.07, 6.45) is 3.05. The van der Waals surface area contributed by atoms with Crippen molar-refractivity contribution in [2.75, 3.05) is 13.6 Å². The quantitative estimate of drug-likeness (QED) is 0.876. The van der Waals surface area contributed by atoms with Crippen LogP contribution in [0.1, 0.15) is 24.7 Å². The molecule has 0 saturated carbocycles. The van der Waals surface area contributed by atoms with E-state index in [1.807, 2.05) is 38.4 Å². The molecule has 0 aliphatic rings. The minimum Gasteiger partial charge on any atom is -0.481 e. The summed E-state index contributed by atoms with van der Waals surface area (Å²) < 4.78 is 2.11. The summed E-state index contributed by atoms with van der Waals surface area (Å²) in [6.45, 7) is 4.70. The van der Waals surface area contributed by atoms with Crippen LogP contribution in [-0.4, -0.2) is 45.0 Å². The van der Waals surface area contributed by atoms with Crippen LogP contribution in [0, 0.1) is 6.92 Å². The van der Waals surface area contributed by atoms with E-state index in [0.717, 1.165) is 17.8 Å². The summed E-state index contributed by atoms with van der Waals surface area (Å²) in [5.74, 6) is -0.755. The van der Waals surface area contributed by atoms with Gasteiger partial charge < -0.3 is 14.4 Å². The van der Waals surface area contributed by atoms with Crippen molar-refractivity contribution in [1.29, 1.82) is 0 Å². The fourth-order valence-electron chi connectivity index (χ4n) is 2.34. The minimum atomic E-state index is -0.755. The van der Waals surface area contributed by atoms with Gasteiger partial charge in [-0.2, -0.15) is 0 Å². The van der Waals surface area contributed by atoms with E-state index in [4.69, 9.17) is 5.11 Å². The number of likely N-dealkylation sites (N-methyl/N-ethyl adjacent to an activating group) is 1. The molecule has 0 saturated heterocycles. The van der Waals surface area contributed by atoms with Gasteiger partial charge in [-0.1, -0.05) is 6.07 Å². The number of hydrogen-bond donors (Lipinski definition) is 1. The molecule has 0 aliphatic heterocycles. The number of carboxylic acids is 1. The number of carbonyl (C=O) groups is 1. The topological polar surface area (TPSA) is 57.8 Å². The molecule has 1 unspecified atom stereocenters. The largest absolute Gasteiger partial charge is 0.481 e. The van der Waals surface area contributed by atoms with E-state index >= 15 is 0 Å². The van der Waals surface area contributed by atoms with Crippen LogP contribution >= 0.6 is 0 Å². The zero-order chi connectivity index (χ0) is 14.7. The average molecular weight is 275 g/mol. The van der Waals surface area contributed by atoms with Gasteiger partial charge in [-0.05, 0) is 33.0 Å². The highest BCUT2D eigenvalue weighted by Gasteiger charge is 2.15. The number of aromatic nitrogens is 2. The van der Waals surface area contributed by atoms with Gasteiger partial charge in [-0.25, -0.2) is 4.98 Å². The number of fused-ring (bicyclic) bond motifs is 1. The molecule has 0 fully saturated rings. The molecular formula is C15H21N3O2. The van der Waals surface area contributed by atoms with Crippen LogP contribution in [0.25, 0.3) is 5.65 Å². The van der Waals surface area contributed by atoms with Gasteiger partial charge in [-0.3, -0.25) is 4.79 Å². The first-order valence-electron chi connectivity index (χ1n) is 6.83. The fraction of sp³-hybridized carbons (Fsp3) is 0.467. The Balaban J connectivity index is 2.11. The highest BCUT2D eigenvalue weighted by atomic mass is 16.4. The van der Waals surface area contributed by atoms with Crippen LogP contribution < -0.4 is 0 Å². The molecule has 0 bridgehead atoms. The van der Waals surface area contributed by atoms with Crippen LogP contribution in [0.15, 0.2) is 24.4 Å². The predicted octanol–water partition coefficient (Wildman–Crippen LogP) is 1.98. The van der Waals surface area contributed by atoms with E-state index in [9.17, 15) is 4.79 Å². The number of rotatable bonds is 6. The van der Waals surface area contributed by atoms with E-state index in [-0.39, 0.29) is 12.5 Å². The second-order valence-corrected chi connectivity index (χ2v) is 5.25. The third kappa shape index (κ3) is 3.17. The van der Waals surface area contributed by atoms with E-state index in [1.54, 1.807) is 0 Å². The molecule has 2 heterocycles. The van der Waals surface area contributed by atoms with Crippen LogP contribution in [0.4, 0.5) is 0 Å². The molecule has 2 aromatic heterocycles. The molecule has 2 aromatic rings. The average Bonchev–Trinajstić information content (AvgIpc) is 2.72. The van der Waals surface area contributed by atoms with Gasteiger partial charge in [0.1, 0.15) is 5.65 Å². The summed E-state index contributed by atoms with van der Waals surface area (Å²) in [5, 5.41) is 8.75. The van der Waals surface area contributed by atoms with Crippen molar-refractivity contribution in [3.63, 3.8) is 0 Å². The molecule has 5 heteroatoms. The second kappa shape index (κ2) is 6.05. The standard InChI is InChI=1S/C15H21N3O2/c1-11(17(3)9-7-15(19)20)10-13-12(2)16-14-6-4-5-8-18(13)14/h4-6,8,11H,7,9-10H2,1-3H3,(H,19,20). The summed E-state index contributed by atoms with van der Waals surface area (Å²) >= 11 is 0. The highest BCUT2D eigenvalue weighted by Crippen LogP contribution is 2.15. The Morgan fingerprint density at radius 3 is 2.95 bits per heavy atom. The number of hydrogen-bond acceptors (Lipinski definition) is 3. The Bertz CT molecular complexity index is 606.